The lowest BCUT2D eigenvalue weighted by molar-refractivity contribution is -0.143. The summed E-state index contributed by atoms with van der Waals surface area (Å²) in [4.78, 5) is 43.7. The highest BCUT2D eigenvalue weighted by Gasteiger charge is 2.27. The zero-order valence-corrected chi connectivity index (χ0v) is 37.4. The Morgan fingerprint density at radius 3 is 1.67 bits per heavy atom. The molecule has 0 spiro atoms. The van der Waals surface area contributed by atoms with Crippen LogP contribution in [0.2, 0.25) is 0 Å². The highest BCUT2D eigenvalue weighted by Crippen LogP contribution is 2.21. The van der Waals surface area contributed by atoms with Crippen molar-refractivity contribution < 1.29 is 19.1 Å². The molecule has 0 radical (unpaired) electrons. The van der Waals surface area contributed by atoms with Crippen LogP contribution in [0.1, 0.15) is 201 Å². The lowest BCUT2D eigenvalue weighted by Gasteiger charge is -2.27. The first-order valence-electron chi connectivity index (χ1n) is 22.8. The summed E-state index contributed by atoms with van der Waals surface area (Å²) in [5, 5.41) is 3.24. The molecule has 8 heteroatoms. The number of carbonyl (C=O) groups excluding carboxylic acids is 3. The van der Waals surface area contributed by atoms with Gasteiger partial charge < -0.3 is 19.9 Å². The molecule has 2 amide bonds. The second-order valence-corrected chi connectivity index (χ2v) is 17.2. The van der Waals surface area contributed by atoms with Gasteiger partial charge in [-0.1, -0.05) is 161 Å². The number of allylic oxidation sites excluding steroid dienone is 2. The highest BCUT2D eigenvalue weighted by molar-refractivity contribution is 7.99. The van der Waals surface area contributed by atoms with E-state index >= 15 is 0 Å². The molecule has 0 aromatic heterocycles. The van der Waals surface area contributed by atoms with E-state index < -0.39 is 6.04 Å². The maximum atomic E-state index is 13.8. The molecule has 0 rings (SSSR count). The monoisotopic (exact) mass is 780 g/mol. The number of nitrogens with zero attached hydrogens (tertiary/aromatic N) is 2. The number of amides is 2. The van der Waals surface area contributed by atoms with Crippen molar-refractivity contribution in [3.05, 3.63) is 12.2 Å². The van der Waals surface area contributed by atoms with Crippen LogP contribution >= 0.6 is 11.8 Å². The van der Waals surface area contributed by atoms with Crippen LogP contribution in [0.3, 0.4) is 0 Å². The number of thioether (sulfide) groups is 1. The largest absolute Gasteiger partial charge is 0.466 e. The Labute approximate surface area is 339 Å². The van der Waals surface area contributed by atoms with Gasteiger partial charge in [0, 0.05) is 31.8 Å². The number of likely N-dealkylation sites (N-methyl/N-ethyl adjacent to an activating group) is 2. The molecule has 0 aromatic carbocycles. The number of hydrogen-bond acceptors (Lipinski definition) is 6. The highest BCUT2D eigenvalue weighted by atomic mass is 32.2. The molecule has 0 saturated heterocycles. The molecule has 0 aromatic rings. The SMILES string of the molecule is CC/C=C/CCCCCCCCCCOC(=O)CCSCCC(NC(=O)C(CCCCCCCC)CCCCCCCCCC)C(=O)N(C)CCN(C)C. The second-order valence-electron chi connectivity index (χ2n) is 16.0. The summed E-state index contributed by atoms with van der Waals surface area (Å²) in [5.41, 5.74) is 0. The number of ether oxygens (including phenoxy) is 1. The quantitative estimate of drug-likeness (QED) is 0.0379. The van der Waals surface area contributed by atoms with Crippen molar-refractivity contribution in [1.29, 1.82) is 0 Å². The lowest BCUT2D eigenvalue weighted by Crippen LogP contribution is -2.50. The van der Waals surface area contributed by atoms with Gasteiger partial charge in [-0.3, -0.25) is 14.4 Å². The number of hydrogen-bond donors (Lipinski definition) is 1. The van der Waals surface area contributed by atoms with Gasteiger partial charge in [0.25, 0.3) is 0 Å². The molecule has 0 aliphatic rings. The van der Waals surface area contributed by atoms with E-state index in [4.69, 9.17) is 4.74 Å². The fraction of sp³-hybridized carbons (Fsp3) is 0.891. The van der Waals surface area contributed by atoms with Gasteiger partial charge in [0.2, 0.25) is 11.8 Å². The third-order valence-electron chi connectivity index (χ3n) is 10.5. The lowest BCUT2D eigenvalue weighted by atomic mass is 9.92. The van der Waals surface area contributed by atoms with Gasteiger partial charge >= 0.3 is 5.97 Å². The van der Waals surface area contributed by atoms with Gasteiger partial charge in [0.15, 0.2) is 0 Å². The smallest absolute Gasteiger partial charge is 0.306 e. The van der Waals surface area contributed by atoms with Crippen molar-refractivity contribution in [2.75, 3.05) is 52.3 Å². The van der Waals surface area contributed by atoms with Crippen LogP contribution in [-0.2, 0) is 19.1 Å². The Morgan fingerprint density at radius 2 is 1.13 bits per heavy atom. The molecule has 0 aliphatic carbocycles. The third kappa shape index (κ3) is 33.8. The van der Waals surface area contributed by atoms with Crippen LogP contribution in [0.4, 0.5) is 0 Å². The van der Waals surface area contributed by atoms with E-state index in [9.17, 15) is 14.4 Å². The Morgan fingerprint density at radius 1 is 0.611 bits per heavy atom. The molecule has 7 nitrogen and oxygen atoms in total. The van der Waals surface area contributed by atoms with Gasteiger partial charge in [-0.05, 0) is 64.8 Å². The van der Waals surface area contributed by atoms with E-state index in [1.54, 1.807) is 16.7 Å². The Kier molecular flexibility index (Phi) is 38.6. The van der Waals surface area contributed by atoms with E-state index in [0.29, 0.717) is 37.5 Å². The standard InChI is InChI=1S/C46H89N3O4S/c1-7-10-13-16-19-21-22-23-24-26-29-32-39-53-44(50)36-41-54-40-35-43(46(52)49(6)38-37-48(4)5)47-45(51)42(33-30-27-18-15-12-9-3)34-31-28-25-20-17-14-11-8-2/h10,13,42-43H,7-9,11-12,14-41H2,1-6H3,(H,47,51)/b13-10+. The minimum Gasteiger partial charge on any atom is -0.466 e. The average Bonchev–Trinajstić information content (AvgIpc) is 3.16. The molecule has 2 unspecified atom stereocenters. The van der Waals surface area contributed by atoms with Crippen LogP contribution in [0, 0.1) is 5.92 Å². The van der Waals surface area contributed by atoms with Crippen LogP contribution in [0.5, 0.6) is 0 Å². The van der Waals surface area contributed by atoms with Crippen LogP contribution < -0.4 is 5.32 Å². The van der Waals surface area contributed by atoms with Gasteiger partial charge in [-0.25, -0.2) is 0 Å². The predicted octanol–water partition coefficient (Wildman–Crippen LogP) is 11.9. The van der Waals surface area contributed by atoms with Crippen LogP contribution in [0.25, 0.3) is 0 Å². The first kappa shape index (κ1) is 52.5. The molecule has 0 bridgehead atoms. The van der Waals surface area contributed by atoms with E-state index in [2.05, 4.69) is 43.1 Å². The van der Waals surface area contributed by atoms with Gasteiger partial charge in [0.1, 0.15) is 6.04 Å². The van der Waals surface area contributed by atoms with E-state index in [-0.39, 0.29) is 23.7 Å². The van der Waals surface area contributed by atoms with Crippen molar-refractivity contribution in [3.8, 4) is 0 Å². The molecule has 0 fully saturated rings. The van der Waals surface area contributed by atoms with Crippen LogP contribution in [-0.4, -0.2) is 86.0 Å². The van der Waals surface area contributed by atoms with Crippen molar-refractivity contribution in [2.24, 2.45) is 5.92 Å². The molecule has 2 atom stereocenters. The summed E-state index contributed by atoms with van der Waals surface area (Å²) in [7, 11) is 5.86. The number of unbranched alkanes of at least 4 members (excludes halogenated alkanes) is 20. The molecule has 318 valence electrons. The summed E-state index contributed by atoms with van der Waals surface area (Å²) in [5.74, 6) is 1.23. The van der Waals surface area contributed by atoms with Crippen molar-refractivity contribution in [1.82, 2.24) is 15.1 Å². The molecule has 0 aliphatic heterocycles. The molecule has 1 N–H and O–H groups in total. The molecule has 54 heavy (non-hydrogen) atoms. The normalized spacial score (nSPS) is 12.7. The molecule has 0 heterocycles. The Balaban J connectivity index is 4.80. The Bertz CT molecular complexity index is 899. The molecular weight excluding hydrogens is 691 g/mol. The minimum atomic E-state index is -0.544. The summed E-state index contributed by atoms with van der Waals surface area (Å²) < 4.78 is 5.50. The molecular formula is C46H89N3O4S. The summed E-state index contributed by atoms with van der Waals surface area (Å²) >= 11 is 1.67. The third-order valence-corrected chi connectivity index (χ3v) is 11.5. The van der Waals surface area contributed by atoms with E-state index in [1.165, 1.54) is 122 Å². The number of rotatable bonds is 40. The summed E-state index contributed by atoms with van der Waals surface area (Å²) in [6.45, 7) is 8.58. The number of esters is 1. The minimum absolute atomic E-state index is 0.0181. The maximum absolute atomic E-state index is 13.8. The van der Waals surface area contributed by atoms with Gasteiger partial charge in [0.05, 0.1) is 13.0 Å². The first-order chi connectivity index (χ1) is 26.3. The Hall–Kier alpha value is -1.54. The van der Waals surface area contributed by atoms with Gasteiger partial charge in [-0.2, -0.15) is 11.8 Å². The number of carbonyl (C=O) groups is 3. The fourth-order valence-electron chi connectivity index (χ4n) is 6.80. The summed E-state index contributed by atoms with van der Waals surface area (Å²) in [6.07, 6.45) is 36.7. The zero-order valence-electron chi connectivity index (χ0n) is 36.6. The average molecular weight is 780 g/mol. The van der Waals surface area contributed by atoms with Crippen molar-refractivity contribution in [3.63, 3.8) is 0 Å². The van der Waals surface area contributed by atoms with Crippen LogP contribution in [0.15, 0.2) is 12.2 Å². The van der Waals surface area contributed by atoms with Crippen molar-refractivity contribution in [2.45, 2.75) is 207 Å². The summed E-state index contributed by atoms with van der Waals surface area (Å²) in [6, 6.07) is -0.544. The second kappa shape index (κ2) is 39.7. The zero-order chi connectivity index (χ0) is 39.9. The topological polar surface area (TPSA) is 78.9 Å². The fourth-order valence-corrected chi connectivity index (χ4v) is 7.72. The van der Waals surface area contributed by atoms with Gasteiger partial charge in [-0.15, -0.1) is 0 Å². The van der Waals surface area contributed by atoms with E-state index in [1.807, 2.05) is 21.1 Å². The predicted molar refractivity (Wildman–Crippen MR) is 235 cm³/mol. The number of nitrogens with one attached hydrogen (secondary N) is 1. The maximum Gasteiger partial charge on any atom is 0.306 e. The molecule has 0 saturated carbocycles. The van der Waals surface area contributed by atoms with E-state index in [0.717, 1.165) is 51.5 Å². The first-order valence-corrected chi connectivity index (χ1v) is 24.0. The van der Waals surface area contributed by atoms with Crippen molar-refractivity contribution >= 4 is 29.5 Å².